The molecule has 1 aromatic rings. The number of hydrogen-bond donors (Lipinski definition) is 2. The van der Waals surface area contributed by atoms with Gasteiger partial charge in [0, 0.05) is 18.3 Å². The molecule has 0 unspecified atom stereocenters. The van der Waals surface area contributed by atoms with Gasteiger partial charge in [-0.2, -0.15) is 0 Å². The number of carbonyl (C=O) groups is 2. The Morgan fingerprint density at radius 1 is 1.17 bits per heavy atom. The molecule has 1 heterocycles. The predicted molar refractivity (Wildman–Crippen MR) is 90.5 cm³/mol. The van der Waals surface area contributed by atoms with Crippen LogP contribution < -0.4 is 15.5 Å². The standard InChI is InChI=1S/C18H25N3O2/c1-13(21-12-11-14-7-5-6-10-16(14)21)17(22)20-18(23)19-15-8-3-2-4-9-15/h5-7,10,13,15H,2-4,8-9,11-12H2,1H3,(H2,19,20,22,23)/t13-/m0/s1. The summed E-state index contributed by atoms with van der Waals surface area (Å²) < 4.78 is 0. The zero-order valence-electron chi connectivity index (χ0n) is 13.7. The fourth-order valence-corrected chi connectivity index (χ4v) is 3.59. The van der Waals surface area contributed by atoms with E-state index in [1.807, 2.05) is 25.1 Å². The first-order chi connectivity index (χ1) is 11.1. The average Bonchev–Trinajstić information content (AvgIpc) is 2.99. The van der Waals surface area contributed by atoms with Crippen LogP contribution in [0.15, 0.2) is 24.3 Å². The number of anilines is 1. The van der Waals surface area contributed by atoms with E-state index in [4.69, 9.17) is 0 Å². The van der Waals surface area contributed by atoms with Crippen LogP contribution in [0.25, 0.3) is 0 Å². The lowest BCUT2D eigenvalue weighted by Gasteiger charge is -2.27. The Kier molecular flexibility index (Phi) is 4.84. The van der Waals surface area contributed by atoms with E-state index < -0.39 is 0 Å². The van der Waals surface area contributed by atoms with Gasteiger partial charge in [0.25, 0.3) is 0 Å². The monoisotopic (exact) mass is 315 g/mol. The van der Waals surface area contributed by atoms with Crippen molar-refractivity contribution in [3.8, 4) is 0 Å². The zero-order valence-corrected chi connectivity index (χ0v) is 13.7. The number of imide groups is 1. The Labute approximate surface area is 137 Å². The van der Waals surface area contributed by atoms with Crippen LogP contribution in [0.2, 0.25) is 0 Å². The maximum atomic E-state index is 12.4. The van der Waals surface area contributed by atoms with Gasteiger partial charge < -0.3 is 10.2 Å². The number of para-hydroxylation sites is 1. The van der Waals surface area contributed by atoms with E-state index in [0.29, 0.717) is 0 Å². The molecule has 0 radical (unpaired) electrons. The third-order valence-corrected chi connectivity index (χ3v) is 4.95. The van der Waals surface area contributed by atoms with E-state index in [2.05, 4.69) is 21.6 Å². The maximum absolute atomic E-state index is 12.4. The normalized spacial score (nSPS) is 19.1. The van der Waals surface area contributed by atoms with E-state index >= 15 is 0 Å². The molecule has 1 saturated carbocycles. The van der Waals surface area contributed by atoms with Crippen molar-refractivity contribution >= 4 is 17.6 Å². The summed E-state index contributed by atoms with van der Waals surface area (Å²) in [5.41, 5.74) is 2.36. The van der Waals surface area contributed by atoms with Crippen LogP contribution in [0.3, 0.4) is 0 Å². The van der Waals surface area contributed by atoms with Crippen molar-refractivity contribution in [2.75, 3.05) is 11.4 Å². The van der Waals surface area contributed by atoms with Gasteiger partial charge in [0.1, 0.15) is 6.04 Å². The first kappa shape index (κ1) is 15.8. The quantitative estimate of drug-likeness (QED) is 0.901. The minimum absolute atomic E-state index is 0.208. The number of carbonyl (C=O) groups excluding carboxylic acids is 2. The molecular formula is C18H25N3O2. The Morgan fingerprint density at radius 2 is 1.91 bits per heavy atom. The topological polar surface area (TPSA) is 61.4 Å². The van der Waals surface area contributed by atoms with E-state index in [1.165, 1.54) is 12.0 Å². The largest absolute Gasteiger partial charge is 0.359 e. The second-order valence-electron chi connectivity index (χ2n) is 6.55. The Bertz CT molecular complexity index is 581. The van der Waals surface area contributed by atoms with Gasteiger partial charge in [0.05, 0.1) is 0 Å². The maximum Gasteiger partial charge on any atom is 0.321 e. The molecule has 2 aliphatic rings. The molecule has 0 bridgehead atoms. The highest BCUT2D eigenvalue weighted by Crippen LogP contribution is 2.29. The van der Waals surface area contributed by atoms with Gasteiger partial charge in [-0.15, -0.1) is 0 Å². The molecule has 0 aromatic heterocycles. The highest BCUT2D eigenvalue weighted by atomic mass is 16.2. The summed E-state index contributed by atoms with van der Waals surface area (Å²) in [7, 11) is 0. The van der Waals surface area contributed by atoms with Crippen molar-refractivity contribution in [1.82, 2.24) is 10.6 Å². The summed E-state index contributed by atoms with van der Waals surface area (Å²) in [4.78, 5) is 26.5. The van der Waals surface area contributed by atoms with Crippen LogP contribution in [0.1, 0.15) is 44.6 Å². The van der Waals surface area contributed by atoms with Gasteiger partial charge in [-0.3, -0.25) is 10.1 Å². The summed E-state index contributed by atoms with van der Waals surface area (Å²) >= 11 is 0. The van der Waals surface area contributed by atoms with Crippen LogP contribution >= 0.6 is 0 Å². The van der Waals surface area contributed by atoms with E-state index in [0.717, 1.165) is 44.3 Å². The van der Waals surface area contributed by atoms with Gasteiger partial charge in [0.15, 0.2) is 0 Å². The molecular weight excluding hydrogens is 290 g/mol. The summed E-state index contributed by atoms with van der Waals surface area (Å²) in [5.74, 6) is -0.241. The summed E-state index contributed by atoms with van der Waals surface area (Å²) in [6.45, 7) is 2.67. The van der Waals surface area contributed by atoms with Crippen LogP contribution in [0.5, 0.6) is 0 Å². The molecule has 2 N–H and O–H groups in total. The van der Waals surface area contributed by atoms with Crippen LogP contribution in [0.4, 0.5) is 10.5 Å². The fourth-order valence-electron chi connectivity index (χ4n) is 3.59. The molecule has 23 heavy (non-hydrogen) atoms. The minimum atomic E-state index is -0.360. The average molecular weight is 315 g/mol. The number of nitrogens with one attached hydrogen (secondary N) is 2. The van der Waals surface area contributed by atoms with Crippen molar-refractivity contribution < 1.29 is 9.59 Å². The molecule has 1 atom stereocenters. The number of hydrogen-bond acceptors (Lipinski definition) is 3. The van der Waals surface area contributed by atoms with E-state index in [1.54, 1.807) is 0 Å². The third-order valence-electron chi connectivity index (χ3n) is 4.95. The first-order valence-corrected chi connectivity index (χ1v) is 8.61. The zero-order chi connectivity index (χ0) is 16.2. The van der Waals surface area contributed by atoms with Crippen LogP contribution in [0, 0.1) is 0 Å². The lowest BCUT2D eigenvalue weighted by Crippen LogP contribution is -2.51. The number of benzene rings is 1. The van der Waals surface area contributed by atoms with Crippen molar-refractivity contribution in [2.24, 2.45) is 0 Å². The van der Waals surface area contributed by atoms with Crippen LogP contribution in [-0.4, -0.2) is 30.6 Å². The molecule has 3 rings (SSSR count). The van der Waals surface area contributed by atoms with Crippen LogP contribution in [-0.2, 0) is 11.2 Å². The molecule has 5 heteroatoms. The molecule has 1 aliphatic heterocycles. The minimum Gasteiger partial charge on any atom is -0.359 e. The molecule has 0 saturated heterocycles. The van der Waals surface area contributed by atoms with E-state index in [9.17, 15) is 9.59 Å². The Morgan fingerprint density at radius 3 is 2.70 bits per heavy atom. The molecule has 1 aromatic carbocycles. The molecule has 124 valence electrons. The van der Waals surface area contributed by atoms with Crippen molar-refractivity contribution in [1.29, 1.82) is 0 Å². The molecule has 1 aliphatic carbocycles. The van der Waals surface area contributed by atoms with Gasteiger partial charge in [-0.25, -0.2) is 4.79 Å². The van der Waals surface area contributed by atoms with Gasteiger partial charge >= 0.3 is 6.03 Å². The Hall–Kier alpha value is -2.04. The molecule has 1 fully saturated rings. The SMILES string of the molecule is C[C@@H](C(=O)NC(=O)NC1CCCCC1)N1CCc2ccccc21. The summed E-state index contributed by atoms with van der Waals surface area (Å²) in [6, 6.07) is 7.63. The number of rotatable bonds is 3. The van der Waals surface area contributed by atoms with Gasteiger partial charge in [0.2, 0.25) is 5.91 Å². The molecule has 0 spiro atoms. The summed E-state index contributed by atoms with van der Waals surface area (Å²) in [5, 5.41) is 5.43. The lowest BCUT2D eigenvalue weighted by molar-refractivity contribution is -0.121. The number of amides is 3. The predicted octanol–water partition coefficient (Wildman–Crippen LogP) is 2.60. The van der Waals surface area contributed by atoms with Gasteiger partial charge in [-0.1, -0.05) is 37.5 Å². The number of fused-ring (bicyclic) bond motifs is 1. The third kappa shape index (κ3) is 3.66. The second kappa shape index (κ2) is 7.02. The molecule has 5 nitrogen and oxygen atoms in total. The Balaban J connectivity index is 1.54. The summed E-state index contributed by atoms with van der Waals surface area (Å²) in [6.07, 6.45) is 6.51. The van der Waals surface area contributed by atoms with Crippen molar-refractivity contribution in [3.63, 3.8) is 0 Å². The van der Waals surface area contributed by atoms with E-state index in [-0.39, 0.29) is 24.0 Å². The molecule has 3 amide bonds. The smallest absolute Gasteiger partial charge is 0.321 e. The van der Waals surface area contributed by atoms with Crippen molar-refractivity contribution in [3.05, 3.63) is 29.8 Å². The van der Waals surface area contributed by atoms with Gasteiger partial charge in [-0.05, 0) is 37.8 Å². The lowest BCUT2D eigenvalue weighted by atomic mass is 9.96. The first-order valence-electron chi connectivity index (χ1n) is 8.61. The number of nitrogens with zero attached hydrogens (tertiary/aromatic N) is 1. The highest BCUT2D eigenvalue weighted by Gasteiger charge is 2.28. The fraction of sp³-hybridized carbons (Fsp3) is 0.556. The highest BCUT2D eigenvalue weighted by molar-refractivity contribution is 5.98. The second-order valence-corrected chi connectivity index (χ2v) is 6.55. The van der Waals surface area contributed by atoms with Crippen molar-refractivity contribution in [2.45, 2.75) is 57.5 Å². The number of urea groups is 1.